The highest BCUT2D eigenvalue weighted by Crippen LogP contribution is 2.48. The lowest BCUT2D eigenvalue weighted by molar-refractivity contribution is -0.149. The van der Waals surface area contributed by atoms with Gasteiger partial charge in [-0.25, -0.2) is 0 Å². The third kappa shape index (κ3) is 2.90. The topological polar surface area (TPSA) is 50.1 Å². The Labute approximate surface area is 122 Å². The average Bonchev–Trinajstić information content (AvgIpc) is 2.45. The number of esters is 1. The molecule has 0 bridgehead atoms. The highest BCUT2D eigenvalue weighted by Gasteiger charge is 2.43. The Morgan fingerprint density at radius 3 is 2.90 bits per heavy atom. The van der Waals surface area contributed by atoms with Gasteiger partial charge in [-0.05, 0) is 49.9 Å². The number of rotatable bonds is 3. The number of nitrogens with zero attached hydrogens (tertiary/aromatic N) is 1. The van der Waals surface area contributed by atoms with Crippen molar-refractivity contribution < 1.29 is 9.53 Å². The quantitative estimate of drug-likeness (QED) is 0.583. The fourth-order valence-corrected chi connectivity index (χ4v) is 4.22. The van der Waals surface area contributed by atoms with E-state index in [9.17, 15) is 4.79 Å². The largest absolute Gasteiger partial charge is 0.469 e. The summed E-state index contributed by atoms with van der Waals surface area (Å²) >= 11 is 0. The SMILES string of the molecule is COC(=O)[C@H](CC#N)[C@@H]1CC[C@@H](C)[C@@H]2CCC(C)=C[C@@H]21. The Morgan fingerprint density at radius 1 is 1.50 bits per heavy atom. The van der Waals surface area contributed by atoms with Gasteiger partial charge < -0.3 is 4.74 Å². The summed E-state index contributed by atoms with van der Waals surface area (Å²) in [6.07, 6.45) is 7.26. The molecule has 0 amide bonds. The van der Waals surface area contributed by atoms with Gasteiger partial charge in [-0.2, -0.15) is 5.26 Å². The van der Waals surface area contributed by atoms with Crippen molar-refractivity contribution in [3.05, 3.63) is 11.6 Å². The van der Waals surface area contributed by atoms with E-state index in [-0.39, 0.29) is 24.2 Å². The van der Waals surface area contributed by atoms with Gasteiger partial charge in [-0.1, -0.05) is 25.0 Å². The predicted molar refractivity (Wildman–Crippen MR) is 77.6 cm³/mol. The van der Waals surface area contributed by atoms with Crippen molar-refractivity contribution in [1.82, 2.24) is 0 Å². The summed E-state index contributed by atoms with van der Waals surface area (Å²) in [5.41, 5.74) is 1.44. The second-order valence-electron chi connectivity index (χ2n) is 6.50. The molecule has 20 heavy (non-hydrogen) atoms. The summed E-state index contributed by atoms with van der Waals surface area (Å²) in [6.45, 7) is 4.52. The summed E-state index contributed by atoms with van der Waals surface area (Å²) < 4.78 is 4.94. The van der Waals surface area contributed by atoms with Crippen molar-refractivity contribution >= 4 is 5.97 Å². The number of methoxy groups -OCH3 is 1. The number of nitriles is 1. The zero-order chi connectivity index (χ0) is 14.7. The molecule has 0 radical (unpaired) electrons. The molecule has 110 valence electrons. The van der Waals surface area contributed by atoms with Crippen LogP contribution in [0.1, 0.15) is 46.0 Å². The van der Waals surface area contributed by atoms with Crippen LogP contribution in [0, 0.1) is 40.9 Å². The van der Waals surface area contributed by atoms with Gasteiger partial charge in [0.15, 0.2) is 0 Å². The fourth-order valence-electron chi connectivity index (χ4n) is 4.22. The van der Waals surface area contributed by atoms with Gasteiger partial charge >= 0.3 is 5.97 Å². The van der Waals surface area contributed by atoms with Gasteiger partial charge in [0.2, 0.25) is 0 Å². The summed E-state index contributed by atoms with van der Waals surface area (Å²) in [5.74, 6) is 1.65. The Kier molecular flexibility index (Phi) is 4.86. The lowest BCUT2D eigenvalue weighted by Gasteiger charge is -2.45. The van der Waals surface area contributed by atoms with Gasteiger partial charge in [-0.15, -0.1) is 0 Å². The van der Waals surface area contributed by atoms with Gasteiger partial charge in [0.05, 0.1) is 19.1 Å². The molecule has 0 spiro atoms. The molecule has 2 rings (SSSR count). The van der Waals surface area contributed by atoms with E-state index in [1.165, 1.54) is 25.5 Å². The number of ether oxygens (including phenoxy) is 1. The molecule has 0 saturated heterocycles. The molecule has 1 saturated carbocycles. The molecule has 0 aromatic heterocycles. The summed E-state index contributed by atoms with van der Waals surface area (Å²) in [7, 11) is 1.43. The van der Waals surface area contributed by atoms with Crippen molar-refractivity contribution in [3.8, 4) is 6.07 Å². The smallest absolute Gasteiger partial charge is 0.310 e. The minimum Gasteiger partial charge on any atom is -0.469 e. The summed E-state index contributed by atoms with van der Waals surface area (Å²) in [6, 6.07) is 2.18. The lowest BCUT2D eigenvalue weighted by atomic mass is 9.59. The lowest BCUT2D eigenvalue weighted by Crippen LogP contribution is -2.40. The Morgan fingerprint density at radius 2 is 2.25 bits per heavy atom. The highest BCUT2D eigenvalue weighted by atomic mass is 16.5. The molecule has 0 aromatic rings. The molecular weight excluding hydrogens is 250 g/mol. The van der Waals surface area contributed by atoms with Crippen LogP contribution < -0.4 is 0 Å². The van der Waals surface area contributed by atoms with Crippen LogP contribution in [-0.4, -0.2) is 13.1 Å². The number of hydrogen-bond acceptors (Lipinski definition) is 3. The zero-order valence-electron chi connectivity index (χ0n) is 12.8. The first-order valence-electron chi connectivity index (χ1n) is 7.70. The van der Waals surface area contributed by atoms with Gasteiger partial charge in [-0.3, -0.25) is 4.79 Å². The Balaban J connectivity index is 2.26. The molecule has 0 heterocycles. The molecule has 0 aliphatic heterocycles. The first-order chi connectivity index (χ1) is 9.58. The van der Waals surface area contributed by atoms with E-state index < -0.39 is 0 Å². The number of hydrogen-bond donors (Lipinski definition) is 0. The third-order valence-electron chi connectivity index (χ3n) is 5.36. The summed E-state index contributed by atoms with van der Waals surface area (Å²) in [4.78, 5) is 12.0. The van der Waals surface area contributed by atoms with Crippen LogP contribution in [0.25, 0.3) is 0 Å². The highest BCUT2D eigenvalue weighted by molar-refractivity contribution is 5.73. The predicted octanol–water partition coefficient (Wildman–Crippen LogP) is 3.71. The van der Waals surface area contributed by atoms with Crippen molar-refractivity contribution in [2.45, 2.75) is 46.0 Å². The normalized spacial score (nSPS) is 34.4. The minimum atomic E-state index is -0.257. The van der Waals surface area contributed by atoms with Crippen LogP contribution in [0.2, 0.25) is 0 Å². The van der Waals surface area contributed by atoms with E-state index in [1.54, 1.807) is 0 Å². The Bertz CT molecular complexity index is 435. The molecule has 3 nitrogen and oxygen atoms in total. The standard InChI is InChI=1S/C17H25NO2/c1-11-4-6-13-12(2)5-7-14(16(13)10-11)15(8-9-18)17(19)20-3/h10,12-16H,4-8H2,1-3H3/t12-,13+,14+,15-,16+/m1/s1. The van der Waals surface area contributed by atoms with Gasteiger partial charge in [0.1, 0.15) is 0 Å². The molecule has 5 atom stereocenters. The number of carbonyl (C=O) groups excluding carboxylic acids is 1. The first kappa shape index (κ1) is 15.1. The molecular formula is C17H25NO2. The molecule has 0 unspecified atom stereocenters. The maximum Gasteiger partial charge on any atom is 0.310 e. The molecule has 1 fully saturated rings. The van der Waals surface area contributed by atoms with Crippen molar-refractivity contribution in [1.29, 1.82) is 5.26 Å². The van der Waals surface area contributed by atoms with Gasteiger partial charge in [0.25, 0.3) is 0 Å². The van der Waals surface area contributed by atoms with Crippen molar-refractivity contribution in [3.63, 3.8) is 0 Å². The fraction of sp³-hybridized carbons (Fsp3) is 0.765. The summed E-state index contributed by atoms with van der Waals surface area (Å²) in [5, 5.41) is 9.04. The molecule has 2 aliphatic rings. The van der Waals surface area contributed by atoms with Crippen LogP contribution in [0.5, 0.6) is 0 Å². The van der Waals surface area contributed by atoms with E-state index in [0.29, 0.717) is 11.8 Å². The van der Waals surface area contributed by atoms with Crippen molar-refractivity contribution in [2.75, 3.05) is 7.11 Å². The first-order valence-corrected chi connectivity index (χ1v) is 7.70. The van der Waals surface area contributed by atoms with E-state index in [0.717, 1.165) is 18.8 Å². The van der Waals surface area contributed by atoms with Crippen LogP contribution in [0.15, 0.2) is 11.6 Å². The average molecular weight is 275 g/mol. The van der Waals surface area contributed by atoms with E-state index in [2.05, 4.69) is 26.0 Å². The molecule has 0 aromatic carbocycles. The van der Waals surface area contributed by atoms with Crippen molar-refractivity contribution in [2.24, 2.45) is 29.6 Å². The third-order valence-corrected chi connectivity index (χ3v) is 5.36. The van der Waals surface area contributed by atoms with Crippen LogP contribution >= 0.6 is 0 Å². The number of carbonyl (C=O) groups is 1. The van der Waals surface area contributed by atoms with Gasteiger partial charge in [0, 0.05) is 6.42 Å². The van der Waals surface area contributed by atoms with E-state index in [1.807, 2.05) is 0 Å². The molecule has 0 N–H and O–H groups in total. The number of fused-ring (bicyclic) bond motifs is 1. The maximum absolute atomic E-state index is 12.0. The maximum atomic E-state index is 12.0. The van der Waals surface area contributed by atoms with E-state index in [4.69, 9.17) is 10.00 Å². The zero-order valence-corrected chi connectivity index (χ0v) is 12.8. The van der Waals surface area contributed by atoms with E-state index >= 15 is 0 Å². The Hall–Kier alpha value is -1.30. The second-order valence-corrected chi connectivity index (χ2v) is 6.50. The van der Waals surface area contributed by atoms with Crippen LogP contribution in [-0.2, 0) is 9.53 Å². The monoisotopic (exact) mass is 275 g/mol. The van der Waals surface area contributed by atoms with Crippen LogP contribution in [0.3, 0.4) is 0 Å². The molecule has 2 aliphatic carbocycles. The molecule has 3 heteroatoms. The van der Waals surface area contributed by atoms with Crippen LogP contribution in [0.4, 0.5) is 0 Å². The second kappa shape index (κ2) is 6.43. The minimum absolute atomic E-state index is 0.207. The number of allylic oxidation sites excluding steroid dienone is 2.